The molecular weight excluding hydrogens is 221 g/mol. The summed E-state index contributed by atoms with van der Waals surface area (Å²) in [5.41, 5.74) is -0.586. The second-order valence-corrected chi connectivity index (χ2v) is 2.89. The van der Waals surface area contributed by atoms with Crippen molar-refractivity contribution in [2.45, 2.75) is 6.42 Å². The minimum Gasteiger partial charge on any atom is -0.351 e. The largest absolute Gasteiger partial charge is 0.351 e. The summed E-state index contributed by atoms with van der Waals surface area (Å²) in [6, 6.07) is 3.27. The molecule has 0 fully saturated rings. The highest BCUT2D eigenvalue weighted by atomic mass is 19.2. The summed E-state index contributed by atoms with van der Waals surface area (Å²) in [7, 11) is 0. The highest BCUT2D eigenvalue weighted by Gasteiger charge is 2.18. The Labute approximate surface area is 89.5 Å². The van der Waals surface area contributed by atoms with E-state index >= 15 is 0 Å². The number of halogens is 3. The van der Waals surface area contributed by atoms with Gasteiger partial charge in [0.05, 0.1) is 18.1 Å². The Hall–Kier alpha value is -2.03. The van der Waals surface area contributed by atoms with Crippen molar-refractivity contribution >= 4 is 5.91 Å². The van der Waals surface area contributed by atoms with Gasteiger partial charge in [-0.2, -0.15) is 5.26 Å². The number of benzene rings is 1. The molecule has 0 heterocycles. The third kappa shape index (κ3) is 2.51. The highest BCUT2D eigenvalue weighted by Crippen LogP contribution is 2.14. The van der Waals surface area contributed by atoms with Crippen LogP contribution in [-0.4, -0.2) is 12.5 Å². The Bertz CT molecular complexity index is 454. The molecule has 0 spiro atoms. The zero-order valence-electron chi connectivity index (χ0n) is 8.06. The molecule has 0 saturated heterocycles. The summed E-state index contributed by atoms with van der Waals surface area (Å²) in [6.45, 7) is 0.0216. The summed E-state index contributed by atoms with van der Waals surface area (Å²) >= 11 is 0. The molecule has 0 aliphatic rings. The van der Waals surface area contributed by atoms with Crippen LogP contribution < -0.4 is 5.32 Å². The van der Waals surface area contributed by atoms with Crippen LogP contribution in [0, 0.1) is 28.8 Å². The van der Waals surface area contributed by atoms with Gasteiger partial charge in [0.25, 0.3) is 5.91 Å². The Morgan fingerprint density at radius 2 is 2.00 bits per heavy atom. The van der Waals surface area contributed by atoms with Crippen molar-refractivity contribution in [1.29, 1.82) is 5.26 Å². The van der Waals surface area contributed by atoms with E-state index in [0.29, 0.717) is 6.07 Å². The van der Waals surface area contributed by atoms with Crippen LogP contribution in [0.1, 0.15) is 16.8 Å². The number of hydrogen-bond donors (Lipinski definition) is 1. The van der Waals surface area contributed by atoms with Crippen molar-refractivity contribution in [3.05, 3.63) is 35.1 Å². The molecule has 1 aromatic rings. The molecule has 3 nitrogen and oxygen atoms in total. The fourth-order valence-electron chi connectivity index (χ4n) is 1.03. The van der Waals surface area contributed by atoms with Crippen LogP contribution in [0.5, 0.6) is 0 Å². The van der Waals surface area contributed by atoms with Crippen molar-refractivity contribution in [1.82, 2.24) is 5.32 Å². The van der Waals surface area contributed by atoms with Crippen LogP contribution in [0.15, 0.2) is 12.1 Å². The predicted molar refractivity (Wildman–Crippen MR) is 48.9 cm³/mol. The van der Waals surface area contributed by atoms with Crippen LogP contribution >= 0.6 is 0 Å². The van der Waals surface area contributed by atoms with E-state index in [2.05, 4.69) is 5.32 Å². The predicted octanol–water partition coefficient (Wildman–Crippen LogP) is 1.75. The Balaban J connectivity index is 2.85. The minimum absolute atomic E-state index is 0.0216. The zero-order valence-corrected chi connectivity index (χ0v) is 8.06. The lowest BCUT2D eigenvalue weighted by atomic mass is 10.2. The van der Waals surface area contributed by atoms with Gasteiger partial charge in [0.15, 0.2) is 17.5 Å². The molecule has 84 valence electrons. The smallest absolute Gasteiger partial charge is 0.254 e. The van der Waals surface area contributed by atoms with E-state index in [-0.39, 0.29) is 13.0 Å². The van der Waals surface area contributed by atoms with Crippen molar-refractivity contribution in [2.75, 3.05) is 6.54 Å². The molecule has 0 unspecified atom stereocenters. The van der Waals surface area contributed by atoms with Crippen molar-refractivity contribution in [3.63, 3.8) is 0 Å². The molecule has 0 radical (unpaired) electrons. The summed E-state index contributed by atoms with van der Waals surface area (Å²) in [6.07, 6.45) is 0.0526. The molecule has 6 heteroatoms. The lowest BCUT2D eigenvalue weighted by Gasteiger charge is -2.04. The molecular formula is C10H7F3N2O. The molecule has 0 bridgehead atoms. The van der Waals surface area contributed by atoms with Crippen molar-refractivity contribution < 1.29 is 18.0 Å². The van der Waals surface area contributed by atoms with Crippen LogP contribution in [-0.2, 0) is 0 Å². The summed E-state index contributed by atoms with van der Waals surface area (Å²) in [5.74, 6) is -5.46. The Kier molecular flexibility index (Phi) is 3.89. The molecule has 0 aromatic heterocycles. The lowest BCUT2D eigenvalue weighted by molar-refractivity contribution is 0.0949. The number of nitrogens with one attached hydrogen (secondary N) is 1. The van der Waals surface area contributed by atoms with E-state index in [1.807, 2.05) is 0 Å². The van der Waals surface area contributed by atoms with Crippen LogP contribution in [0.2, 0.25) is 0 Å². The van der Waals surface area contributed by atoms with Crippen LogP contribution in [0.4, 0.5) is 13.2 Å². The SMILES string of the molecule is N#CCCNC(=O)c1ccc(F)c(F)c1F. The number of carbonyl (C=O) groups is 1. The Morgan fingerprint density at radius 3 is 2.62 bits per heavy atom. The molecule has 1 aromatic carbocycles. The molecule has 1 N–H and O–H groups in total. The average Bonchev–Trinajstić information content (AvgIpc) is 2.26. The number of rotatable bonds is 3. The van der Waals surface area contributed by atoms with Crippen molar-refractivity contribution in [3.8, 4) is 6.07 Å². The quantitative estimate of drug-likeness (QED) is 0.632. The van der Waals surface area contributed by atoms with Gasteiger partial charge in [0, 0.05) is 6.54 Å². The van der Waals surface area contributed by atoms with Crippen LogP contribution in [0.3, 0.4) is 0 Å². The molecule has 0 aliphatic heterocycles. The minimum atomic E-state index is -1.69. The number of carbonyl (C=O) groups excluding carboxylic acids is 1. The number of amides is 1. The number of nitrogens with zero attached hydrogens (tertiary/aromatic N) is 1. The van der Waals surface area contributed by atoms with E-state index in [1.165, 1.54) is 0 Å². The van der Waals surface area contributed by atoms with Gasteiger partial charge in [-0.25, -0.2) is 13.2 Å². The van der Waals surface area contributed by atoms with Gasteiger partial charge in [-0.1, -0.05) is 0 Å². The third-order valence-corrected chi connectivity index (χ3v) is 1.80. The molecule has 16 heavy (non-hydrogen) atoms. The first-order chi connectivity index (χ1) is 7.57. The third-order valence-electron chi connectivity index (χ3n) is 1.80. The topological polar surface area (TPSA) is 52.9 Å². The second kappa shape index (κ2) is 5.16. The maximum absolute atomic E-state index is 13.1. The van der Waals surface area contributed by atoms with Crippen molar-refractivity contribution in [2.24, 2.45) is 0 Å². The van der Waals surface area contributed by atoms with Gasteiger partial charge >= 0.3 is 0 Å². The van der Waals surface area contributed by atoms with E-state index in [4.69, 9.17) is 5.26 Å². The zero-order chi connectivity index (χ0) is 12.1. The van der Waals surface area contributed by atoms with Gasteiger partial charge in [0.2, 0.25) is 0 Å². The first-order valence-corrected chi connectivity index (χ1v) is 4.36. The van der Waals surface area contributed by atoms with Gasteiger partial charge < -0.3 is 5.32 Å². The Morgan fingerprint density at radius 1 is 1.31 bits per heavy atom. The first kappa shape index (κ1) is 12.0. The van der Waals surface area contributed by atoms with Gasteiger partial charge in [-0.3, -0.25) is 4.79 Å². The first-order valence-electron chi connectivity index (χ1n) is 4.36. The summed E-state index contributed by atoms with van der Waals surface area (Å²) < 4.78 is 38.4. The molecule has 1 rings (SSSR count). The maximum atomic E-state index is 13.1. The van der Waals surface area contributed by atoms with E-state index in [9.17, 15) is 18.0 Å². The van der Waals surface area contributed by atoms with Gasteiger partial charge in [-0.05, 0) is 12.1 Å². The molecule has 0 atom stereocenters. The number of hydrogen-bond acceptors (Lipinski definition) is 2. The monoisotopic (exact) mass is 228 g/mol. The average molecular weight is 228 g/mol. The standard InChI is InChI=1S/C10H7F3N2O/c11-7-3-2-6(8(12)9(7)13)10(16)15-5-1-4-14/h2-3H,1,5H2,(H,15,16). The van der Waals surface area contributed by atoms with Gasteiger partial charge in [0.1, 0.15) is 0 Å². The fourth-order valence-corrected chi connectivity index (χ4v) is 1.03. The lowest BCUT2D eigenvalue weighted by Crippen LogP contribution is -2.25. The van der Waals surface area contributed by atoms with E-state index < -0.39 is 28.9 Å². The van der Waals surface area contributed by atoms with E-state index in [1.54, 1.807) is 6.07 Å². The second-order valence-electron chi connectivity index (χ2n) is 2.89. The highest BCUT2D eigenvalue weighted by molar-refractivity contribution is 5.94. The molecule has 1 amide bonds. The maximum Gasteiger partial charge on any atom is 0.254 e. The molecule has 0 aliphatic carbocycles. The summed E-state index contributed by atoms with van der Waals surface area (Å²) in [5, 5.41) is 10.4. The van der Waals surface area contributed by atoms with Gasteiger partial charge in [-0.15, -0.1) is 0 Å². The van der Waals surface area contributed by atoms with Crippen LogP contribution in [0.25, 0.3) is 0 Å². The molecule has 0 saturated carbocycles. The number of nitriles is 1. The fraction of sp³-hybridized carbons (Fsp3) is 0.200. The normalized spacial score (nSPS) is 9.62. The summed E-state index contributed by atoms with van der Waals surface area (Å²) in [4.78, 5) is 11.3. The van der Waals surface area contributed by atoms with E-state index in [0.717, 1.165) is 6.07 Å².